The van der Waals surface area contributed by atoms with Crippen molar-refractivity contribution in [3.05, 3.63) is 30.5 Å². The van der Waals surface area contributed by atoms with Crippen molar-refractivity contribution < 1.29 is 12.9 Å². The molecule has 0 radical (unpaired) electrons. The zero-order chi connectivity index (χ0) is 12.8. The topological polar surface area (TPSA) is 86.2 Å². The van der Waals surface area contributed by atoms with E-state index in [1.807, 2.05) is 0 Å². The minimum atomic E-state index is -3.26. The zero-order valence-electron chi connectivity index (χ0n) is 9.54. The number of nitrogen functional groups attached to an aromatic ring is 1. The van der Waals surface area contributed by atoms with Gasteiger partial charge in [0.15, 0.2) is 9.84 Å². The van der Waals surface area contributed by atoms with Crippen LogP contribution < -0.4 is 5.73 Å². The van der Waals surface area contributed by atoms with Gasteiger partial charge in [0, 0.05) is 5.56 Å². The number of hydrogen-bond acceptors (Lipinski definition) is 5. The monoisotopic (exact) mass is 264 g/mol. The summed E-state index contributed by atoms with van der Waals surface area (Å²) in [5, 5.41) is 3.34. The van der Waals surface area contributed by atoms with Crippen molar-refractivity contribution in [1.29, 1.82) is 0 Å². The molecule has 2 aromatic rings. The summed E-state index contributed by atoms with van der Waals surface area (Å²) in [6.45, 7) is 0. The number of nitrogens with zero attached hydrogens (tertiary/aromatic N) is 1. The number of sulfone groups is 1. The van der Waals surface area contributed by atoms with Crippen molar-refractivity contribution in [1.82, 2.24) is 5.16 Å². The third kappa shape index (κ3) is 1.69. The first-order valence-electron chi connectivity index (χ1n) is 5.64. The maximum absolute atomic E-state index is 12.3. The number of benzene rings is 1. The van der Waals surface area contributed by atoms with Crippen LogP contribution in [0.25, 0.3) is 11.1 Å². The van der Waals surface area contributed by atoms with Crippen LogP contribution in [0, 0.1) is 0 Å². The first-order chi connectivity index (χ1) is 8.60. The van der Waals surface area contributed by atoms with E-state index in [0.29, 0.717) is 16.0 Å². The third-order valence-corrected chi connectivity index (χ3v) is 5.36. The van der Waals surface area contributed by atoms with Crippen LogP contribution in [0.5, 0.6) is 0 Å². The molecule has 1 aliphatic carbocycles. The summed E-state index contributed by atoms with van der Waals surface area (Å²) in [4.78, 5) is 0.308. The van der Waals surface area contributed by atoms with E-state index in [2.05, 4.69) is 5.16 Å². The molecule has 2 N–H and O–H groups in total. The van der Waals surface area contributed by atoms with E-state index in [0.717, 1.165) is 12.8 Å². The number of aromatic nitrogens is 1. The molecule has 94 valence electrons. The van der Waals surface area contributed by atoms with Crippen molar-refractivity contribution in [3.63, 3.8) is 0 Å². The molecular formula is C12H12N2O3S. The SMILES string of the molecule is Nc1oncc1-c1ccccc1S(=O)(=O)C1CC1. The van der Waals surface area contributed by atoms with E-state index in [-0.39, 0.29) is 11.1 Å². The quantitative estimate of drug-likeness (QED) is 0.914. The minimum absolute atomic E-state index is 0.133. The van der Waals surface area contributed by atoms with Gasteiger partial charge in [0.05, 0.1) is 21.9 Å². The van der Waals surface area contributed by atoms with Crippen molar-refractivity contribution in [3.8, 4) is 11.1 Å². The first kappa shape index (κ1) is 11.3. The predicted molar refractivity (Wildman–Crippen MR) is 66.6 cm³/mol. The summed E-state index contributed by atoms with van der Waals surface area (Å²) < 4.78 is 29.5. The van der Waals surface area contributed by atoms with Gasteiger partial charge in [0.1, 0.15) is 0 Å². The van der Waals surface area contributed by atoms with E-state index in [9.17, 15) is 8.42 Å². The van der Waals surface area contributed by atoms with E-state index < -0.39 is 9.84 Å². The minimum Gasteiger partial charge on any atom is -0.367 e. The van der Waals surface area contributed by atoms with Crippen LogP contribution in [0.4, 0.5) is 5.88 Å². The van der Waals surface area contributed by atoms with Gasteiger partial charge in [-0.3, -0.25) is 0 Å². The predicted octanol–water partition coefficient (Wildman–Crippen LogP) is 1.86. The van der Waals surface area contributed by atoms with Gasteiger partial charge in [-0.25, -0.2) is 8.42 Å². The molecule has 0 aliphatic heterocycles. The molecule has 0 saturated heterocycles. The molecule has 3 rings (SSSR count). The third-order valence-electron chi connectivity index (χ3n) is 3.05. The van der Waals surface area contributed by atoms with Gasteiger partial charge >= 0.3 is 0 Å². The Hall–Kier alpha value is -1.82. The Bertz CT molecular complexity index is 687. The van der Waals surface area contributed by atoms with Crippen LogP contribution in [0.3, 0.4) is 0 Å². The summed E-state index contributed by atoms with van der Waals surface area (Å²) in [5.74, 6) is 0.133. The Balaban J connectivity index is 2.20. The molecule has 5 nitrogen and oxygen atoms in total. The Labute approximate surface area is 105 Å². The van der Waals surface area contributed by atoms with Gasteiger partial charge in [-0.2, -0.15) is 0 Å². The number of anilines is 1. The molecule has 1 fully saturated rings. The molecule has 18 heavy (non-hydrogen) atoms. The maximum atomic E-state index is 12.3. The highest BCUT2D eigenvalue weighted by Gasteiger charge is 2.38. The standard InChI is InChI=1S/C12H12N2O3S/c13-12-10(7-14-17-12)9-3-1-2-4-11(9)18(15,16)8-5-6-8/h1-4,7-8H,5-6,13H2. The number of rotatable bonds is 3. The number of hydrogen-bond donors (Lipinski definition) is 1. The van der Waals surface area contributed by atoms with Gasteiger partial charge in [0.25, 0.3) is 0 Å². The second-order valence-electron chi connectivity index (χ2n) is 4.34. The largest absolute Gasteiger partial charge is 0.367 e. The van der Waals surface area contributed by atoms with Crippen LogP contribution in [0.15, 0.2) is 39.9 Å². The van der Waals surface area contributed by atoms with Crippen molar-refractivity contribution in [2.24, 2.45) is 0 Å². The fourth-order valence-electron chi connectivity index (χ4n) is 1.95. The summed E-state index contributed by atoms with van der Waals surface area (Å²) in [7, 11) is -3.26. The van der Waals surface area contributed by atoms with Gasteiger partial charge in [-0.15, -0.1) is 0 Å². The summed E-state index contributed by atoms with van der Waals surface area (Å²) >= 11 is 0. The Kier molecular flexibility index (Phi) is 2.41. The molecule has 1 saturated carbocycles. The smallest absolute Gasteiger partial charge is 0.229 e. The van der Waals surface area contributed by atoms with E-state index in [1.165, 1.54) is 6.20 Å². The molecule has 1 aromatic carbocycles. The van der Waals surface area contributed by atoms with E-state index >= 15 is 0 Å². The van der Waals surface area contributed by atoms with Crippen molar-refractivity contribution >= 4 is 15.7 Å². The first-order valence-corrected chi connectivity index (χ1v) is 7.19. The molecule has 0 spiro atoms. The van der Waals surface area contributed by atoms with E-state index in [1.54, 1.807) is 24.3 Å². The Morgan fingerprint density at radius 1 is 1.22 bits per heavy atom. The van der Waals surface area contributed by atoms with Gasteiger partial charge in [-0.1, -0.05) is 23.4 Å². The molecule has 0 bridgehead atoms. The van der Waals surface area contributed by atoms with Crippen molar-refractivity contribution in [2.45, 2.75) is 23.0 Å². The van der Waals surface area contributed by atoms with Gasteiger partial charge < -0.3 is 10.3 Å². The van der Waals surface area contributed by atoms with Crippen LogP contribution in [-0.2, 0) is 9.84 Å². The van der Waals surface area contributed by atoms with Crippen LogP contribution in [0.1, 0.15) is 12.8 Å². The van der Waals surface area contributed by atoms with E-state index in [4.69, 9.17) is 10.3 Å². The fraction of sp³-hybridized carbons (Fsp3) is 0.250. The van der Waals surface area contributed by atoms with Crippen LogP contribution >= 0.6 is 0 Å². The molecule has 6 heteroatoms. The molecular weight excluding hydrogens is 252 g/mol. The molecule has 0 atom stereocenters. The average molecular weight is 264 g/mol. The average Bonchev–Trinajstić information content (AvgIpc) is 3.13. The lowest BCUT2D eigenvalue weighted by Gasteiger charge is -2.08. The zero-order valence-corrected chi connectivity index (χ0v) is 10.4. The molecule has 0 unspecified atom stereocenters. The normalized spacial score (nSPS) is 15.8. The lowest BCUT2D eigenvalue weighted by atomic mass is 10.1. The summed E-state index contributed by atoms with van der Waals surface area (Å²) in [6, 6.07) is 6.81. The molecule has 1 heterocycles. The Morgan fingerprint density at radius 3 is 2.56 bits per heavy atom. The van der Waals surface area contributed by atoms with Crippen LogP contribution in [0.2, 0.25) is 0 Å². The maximum Gasteiger partial charge on any atom is 0.229 e. The summed E-state index contributed by atoms with van der Waals surface area (Å²) in [5.41, 5.74) is 6.73. The Morgan fingerprint density at radius 2 is 1.94 bits per heavy atom. The summed E-state index contributed by atoms with van der Waals surface area (Å²) in [6.07, 6.45) is 2.90. The molecule has 0 amide bonds. The van der Waals surface area contributed by atoms with Gasteiger partial charge in [0.2, 0.25) is 5.88 Å². The molecule has 1 aliphatic rings. The molecule has 1 aromatic heterocycles. The number of nitrogens with two attached hydrogens (primary N) is 1. The van der Waals surface area contributed by atoms with Gasteiger partial charge in [-0.05, 0) is 18.9 Å². The highest BCUT2D eigenvalue weighted by molar-refractivity contribution is 7.92. The highest BCUT2D eigenvalue weighted by Crippen LogP contribution is 2.39. The fourth-order valence-corrected chi connectivity index (χ4v) is 3.81. The van der Waals surface area contributed by atoms with Crippen LogP contribution in [-0.4, -0.2) is 18.8 Å². The highest BCUT2D eigenvalue weighted by atomic mass is 32.2. The second-order valence-corrected chi connectivity index (χ2v) is 6.54. The lowest BCUT2D eigenvalue weighted by Crippen LogP contribution is -2.08. The second kappa shape index (κ2) is 3.84. The lowest BCUT2D eigenvalue weighted by molar-refractivity contribution is 0.436. The van der Waals surface area contributed by atoms with Crippen molar-refractivity contribution in [2.75, 3.05) is 5.73 Å².